The molecule has 3 N–H and O–H groups in total. The minimum Gasteiger partial charge on any atom is -0.398 e. The first kappa shape index (κ1) is 16.3. The summed E-state index contributed by atoms with van der Waals surface area (Å²) in [6.45, 7) is 4.50. The van der Waals surface area contributed by atoms with Crippen molar-refractivity contribution in [1.29, 1.82) is 0 Å². The maximum atomic E-state index is 5.49. The van der Waals surface area contributed by atoms with Gasteiger partial charge in [-0.2, -0.15) is 0 Å². The lowest BCUT2D eigenvalue weighted by molar-refractivity contribution is 0.249. The minimum absolute atomic E-state index is 0.676. The van der Waals surface area contributed by atoms with Gasteiger partial charge in [0.25, 0.3) is 0 Å². The smallest absolute Gasteiger partial charge is 0.334 e. The molecule has 0 bridgehead atoms. The fourth-order valence-electron chi connectivity index (χ4n) is 1.82. The fourth-order valence-corrected chi connectivity index (χ4v) is 3.14. The van der Waals surface area contributed by atoms with Gasteiger partial charge >= 0.3 is 8.56 Å². The van der Waals surface area contributed by atoms with Crippen molar-refractivity contribution in [1.82, 2.24) is 5.32 Å². The zero-order valence-electron chi connectivity index (χ0n) is 12.2. The number of nitrogens with one attached hydrogen (secondary N) is 1. The topological polar surface area (TPSA) is 56.5 Å². The molecule has 0 radical (unpaired) electrons. The molecule has 0 amide bonds. The van der Waals surface area contributed by atoms with Gasteiger partial charge in [0.05, 0.1) is 0 Å². The summed E-state index contributed by atoms with van der Waals surface area (Å²) < 4.78 is 11.0. The third kappa shape index (κ3) is 5.84. The molecule has 1 aromatic carbocycles. The van der Waals surface area contributed by atoms with Crippen LogP contribution in [0.5, 0.6) is 0 Å². The van der Waals surface area contributed by atoms with Crippen molar-refractivity contribution in [3.63, 3.8) is 0 Å². The van der Waals surface area contributed by atoms with Gasteiger partial charge in [0, 0.05) is 33.9 Å². The fraction of sp³-hybridized carbons (Fsp3) is 0.571. The van der Waals surface area contributed by atoms with Gasteiger partial charge in [-0.05, 0) is 30.1 Å². The molecule has 0 heterocycles. The molecule has 1 aromatic rings. The summed E-state index contributed by atoms with van der Waals surface area (Å²) in [6, 6.07) is 9.67. The Labute approximate surface area is 117 Å². The SMILES string of the molecule is CO[Si](C)(CCc1ccc(CNCCN)cc1)OC. The first-order valence-corrected chi connectivity index (χ1v) is 9.25. The third-order valence-electron chi connectivity index (χ3n) is 3.40. The molecule has 1 rings (SSSR count). The van der Waals surface area contributed by atoms with Crippen molar-refractivity contribution in [2.45, 2.75) is 25.6 Å². The summed E-state index contributed by atoms with van der Waals surface area (Å²) in [7, 11) is 1.53. The van der Waals surface area contributed by atoms with Gasteiger partial charge in [0.2, 0.25) is 0 Å². The zero-order valence-corrected chi connectivity index (χ0v) is 13.2. The first-order chi connectivity index (χ1) is 9.13. The highest BCUT2D eigenvalue weighted by Gasteiger charge is 2.27. The van der Waals surface area contributed by atoms with Crippen LogP contribution in [0.1, 0.15) is 11.1 Å². The molecule has 0 aliphatic carbocycles. The van der Waals surface area contributed by atoms with E-state index in [2.05, 4.69) is 36.1 Å². The maximum absolute atomic E-state index is 5.49. The molecule has 0 spiro atoms. The van der Waals surface area contributed by atoms with E-state index >= 15 is 0 Å². The summed E-state index contributed by atoms with van der Waals surface area (Å²) in [5, 5.41) is 3.29. The second kappa shape index (κ2) is 8.45. The highest BCUT2D eigenvalue weighted by molar-refractivity contribution is 6.65. The van der Waals surface area contributed by atoms with E-state index in [4.69, 9.17) is 14.6 Å². The molecule has 0 fully saturated rings. The molecule has 4 nitrogen and oxygen atoms in total. The average Bonchev–Trinajstić information content (AvgIpc) is 2.46. The van der Waals surface area contributed by atoms with Gasteiger partial charge < -0.3 is 19.9 Å². The van der Waals surface area contributed by atoms with Crippen molar-refractivity contribution in [3.8, 4) is 0 Å². The number of benzene rings is 1. The second-order valence-electron chi connectivity index (χ2n) is 4.82. The minimum atomic E-state index is -1.95. The summed E-state index contributed by atoms with van der Waals surface area (Å²) in [4.78, 5) is 0. The van der Waals surface area contributed by atoms with Crippen molar-refractivity contribution in [2.24, 2.45) is 5.73 Å². The van der Waals surface area contributed by atoms with Crippen molar-refractivity contribution >= 4 is 8.56 Å². The van der Waals surface area contributed by atoms with Gasteiger partial charge in [-0.3, -0.25) is 0 Å². The van der Waals surface area contributed by atoms with Crippen LogP contribution in [0.25, 0.3) is 0 Å². The van der Waals surface area contributed by atoms with E-state index in [9.17, 15) is 0 Å². The van der Waals surface area contributed by atoms with Crippen molar-refractivity contribution in [2.75, 3.05) is 27.3 Å². The Kier molecular flexibility index (Phi) is 7.26. The molecule has 0 aromatic heterocycles. The maximum Gasteiger partial charge on any atom is 0.334 e. The molecule has 0 aliphatic rings. The Morgan fingerprint density at radius 1 is 1.11 bits per heavy atom. The van der Waals surface area contributed by atoms with Crippen LogP contribution in [-0.2, 0) is 21.8 Å². The number of hydrogen-bond acceptors (Lipinski definition) is 4. The van der Waals surface area contributed by atoms with Crippen molar-refractivity contribution in [3.05, 3.63) is 35.4 Å². The predicted molar refractivity (Wildman–Crippen MR) is 81.4 cm³/mol. The van der Waals surface area contributed by atoms with Crippen LogP contribution in [0, 0.1) is 0 Å². The summed E-state index contributed by atoms with van der Waals surface area (Å²) in [6.07, 6.45) is 1.00. The number of hydrogen-bond donors (Lipinski definition) is 2. The molecule has 0 atom stereocenters. The van der Waals surface area contributed by atoms with Crippen LogP contribution < -0.4 is 11.1 Å². The number of nitrogens with two attached hydrogens (primary N) is 1. The highest BCUT2D eigenvalue weighted by atomic mass is 28.4. The van der Waals surface area contributed by atoms with Crippen LogP contribution in [0.4, 0.5) is 0 Å². The van der Waals surface area contributed by atoms with Gasteiger partial charge in [-0.15, -0.1) is 0 Å². The molecule has 0 aliphatic heterocycles. The molecule has 5 heteroatoms. The Morgan fingerprint density at radius 2 is 1.68 bits per heavy atom. The summed E-state index contributed by atoms with van der Waals surface area (Å²) >= 11 is 0. The summed E-state index contributed by atoms with van der Waals surface area (Å²) in [5.74, 6) is 0. The van der Waals surface area contributed by atoms with Crippen LogP contribution >= 0.6 is 0 Å². The number of rotatable bonds is 9. The predicted octanol–water partition coefficient (Wildman–Crippen LogP) is 1.64. The van der Waals surface area contributed by atoms with E-state index in [1.165, 1.54) is 11.1 Å². The Morgan fingerprint density at radius 3 is 2.21 bits per heavy atom. The summed E-state index contributed by atoms with van der Waals surface area (Å²) in [5.41, 5.74) is 8.06. The largest absolute Gasteiger partial charge is 0.398 e. The monoisotopic (exact) mass is 282 g/mol. The lowest BCUT2D eigenvalue weighted by Crippen LogP contribution is -2.36. The molecule has 108 valence electrons. The van der Waals surface area contributed by atoms with Crippen LogP contribution in [0.3, 0.4) is 0 Å². The van der Waals surface area contributed by atoms with Crippen LogP contribution in [0.15, 0.2) is 24.3 Å². The zero-order chi connectivity index (χ0) is 14.1. The second-order valence-corrected chi connectivity index (χ2v) is 8.41. The van der Waals surface area contributed by atoms with E-state index in [-0.39, 0.29) is 0 Å². The van der Waals surface area contributed by atoms with Crippen molar-refractivity contribution < 1.29 is 8.85 Å². The van der Waals surface area contributed by atoms with E-state index in [0.717, 1.165) is 25.6 Å². The van der Waals surface area contributed by atoms with E-state index in [1.807, 2.05) is 0 Å². The van der Waals surface area contributed by atoms with E-state index in [0.29, 0.717) is 6.54 Å². The Bertz CT molecular complexity index is 353. The van der Waals surface area contributed by atoms with Crippen LogP contribution in [-0.4, -0.2) is 35.9 Å². The standard InChI is InChI=1S/C14H26N2O2Si/c1-17-19(3,18-2)11-8-13-4-6-14(7-5-13)12-16-10-9-15/h4-7,16H,8-12,15H2,1-3H3. The van der Waals surface area contributed by atoms with Gasteiger partial charge in [0.1, 0.15) is 0 Å². The first-order valence-electron chi connectivity index (χ1n) is 6.72. The van der Waals surface area contributed by atoms with E-state index < -0.39 is 8.56 Å². The Balaban J connectivity index is 2.43. The van der Waals surface area contributed by atoms with Crippen LogP contribution in [0.2, 0.25) is 12.6 Å². The molecule has 0 saturated heterocycles. The number of aryl methyl sites for hydroxylation is 1. The molecule has 0 saturated carbocycles. The lowest BCUT2D eigenvalue weighted by atomic mass is 10.1. The normalized spacial score (nSPS) is 11.8. The Hall–Kier alpha value is -0.723. The molecular formula is C14H26N2O2Si. The van der Waals surface area contributed by atoms with E-state index in [1.54, 1.807) is 14.2 Å². The quantitative estimate of drug-likeness (QED) is 0.534. The highest BCUT2D eigenvalue weighted by Crippen LogP contribution is 2.16. The average molecular weight is 282 g/mol. The van der Waals surface area contributed by atoms with Gasteiger partial charge in [-0.1, -0.05) is 24.3 Å². The lowest BCUT2D eigenvalue weighted by Gasteiger charge is -2.22. The van der Waals surface area contributed by atoms with Gasteiger partial charge in [-0.25, -0.2) is 0 Å². The molecule has 0 unspecified atom stereocenters. The van der Waals surface area contributed by atoms with Gasteiger partial charge in [0.15, 0.2) is 0 Å². The molecule has 19 heavy (non-hydrogen) atoms. The molecular weight excluding hydrogens is 256 g/mol. The third-order valence-corrected chi connectivity index (χ3v) is 6.29.